The van der Waals surface area contributed by atoms with Gasteiger partial charge in [-0.25, -0.2) is 12.8 Å². The smallest absolute Gasteiger partial charge is 0.254 e. The van der Waals surface area contributed by atoms with Crippen LogP contribution in [0.4, 0.5) is 4.39 Å². The lowest BCUT2D eigenvalue weighted by molar-refractivity contribution is 0.0383. The number of carbonyl (C=O) groups is 2. The maximum Gasteiger partial charge on any atom is 0.254 e. The highest BCUT2D eigenvalue weighted by molar-refractivity contribution is 7.90. The first kappa shape index (κ1) is 30.7. The van der Waals surface area contributed by atoms with Crippen LogP contribution < -0.4 is 10.1 Å². The second-order valence-electron chi connectivity index (χ2n) is 10.7. The van der Waals surface area contributed by atoms with E-state index in [2.05, 4.69) is 10.2 Å². The third-order valence-corrected chi connectivity index (χ3v) is 8.93. The highest BCUT2D eigenvalue weighted by Crippen LogP contribution is 2.31. The van der Waals surface area contributed by atoms with Crippen LogP contribution >= 0.6 is 0 Å². The number of rotatable bonds is 8. The normalized spacial score (nSPS) is 15.7. The molecule has 1 fully saturated rings. The van der Waals surface area contributed by atoms with Crippen molar-refractivity contribution in [3.8, 4) is 16.9 Å². The first-order valence-electron chi connectivity index (χ1n) is 14.4. The molecule has 2 aliphatic heterocycles. The molecule has 43 heavy (non-hydrogen) atoms. The zero-order chi connectivity index (χ0) is 30.6. The molecule has 11 heteroatoms. The molecule has 1 N–H and O–H groups in total. The average molecular weight is 610 g/mol. The lowest BCUT2D eigenvalue weighted by Gasteiger charge is -2.26. The minimum absolute atomic E-state index is 0.0808. The maximum atomic E-state index is 15.1. The number of hydrogen-bond donors (Lipinski definition) is 1. The van der Waals surface area contributed by atoms with Crippen LogP contribution in [-0.2, 0) is 27.5 Å². The fourth-order valence-electron chi connectivity index (χ4n) is 5.42. The first-order valence-corrected chi connectivity index (χ1v) is 16.3. The van der Waals surface area contributed by atoms with Gasteiger partial charge >= 0.3 is 0 Å². The summed E-state index contributed by atoms with van der Waals surface area (Å²) in [6.07, 6.45) is 1.12. The summed E-state index contributed by atoms with van der Waals surface area (Å²) in [4.78, 5) is 29.7. The third kappa shape index (κ3) is 7.06. The van der Waals surface area contributed by atoms with Crippen LogP contribution in [-0.4, -0.2) is 88.8 Å². The Labute approximate surface area is 251 Å². The van der Waals surface area contributed by atoms with Gasteiger partial charge in [0.05, 0.1) is 19.8 Å². The van der Waals surface area contributed by atoms with Crippen LogP contribution in [0, 0.1) is 5.82 Å². The van der Waals surface area contributed by atoms with Crippen LogP contribution in [0.1, 0.15) is 38.8 Å². The van der Waals surface area contributed by atoms with Gasteiger partial charge in [0, 0.05) is 61.2 Å². The van der Waals surface area contributed by atoms with Crippen molar-refractivity contribution in [3.05, 3.63) is 82.7 Å². The number of morpholine rings is 1. The van der Waals surface area contributed by atoms with Gasteiger partial charge in [0.15, 0.2) is 9.84 Å². The molecule has 9 nitrogen and oxygen atoms in total. The topological polar surface area (TPSA) is 105 Å². The Kier molecular flexibility index (Phi) is 9.43. The van der Waals surface area contributed by atoms with Gasteiger partial charge in [0.1, 0.15) is 23.1 Å². The number of amides is 2. The summed E-state index contributed by atoms with van der Waals surface area (Å²) in [6, 6.07) is 15.7. The van der Waals surface area contributed by atoms with Gasteiger partial charge in [0.25, 0.3) is 11.8 Å². The molecule has 0 bridgehead atoms. The molecule has 0 spiro atoms. The van der Waals surface area contributed by atoms with E-state index >= 15 is 4.39 Å². The van der Waals surface area contributed by atoms with E-state index in [1.807, 2.05) is 30.3 Å². The predicted molar refractivity (Wildman–Crippen MR) is 161 cm³/mol. The molecular formula is C32H36FN3O6S. The Hall–Kier alpha value is -3.80. The van der Waals surface area contributed by atoms with Gasteiger partial charge < -0.3 is 19.7 Å². The van der Waals surface area contributed by atoms with Crippen LogP contribution in [0.15, 0.2) is 59.5 Å². The third-order valence-electron chi connectivity index (χ3n) is 7.82. The van der Waals surface area contributed by atoms with Crippen molar-refractivity contribution in [2.24, 2.45) is 0 Å². The zero-order valence-corrected chi connectivity index (χ0v) is 25.2. The van der Waals surface area contributed by atoms with E-state index in [1.165, 1.54) is 6.07 Å². The molecular weight excluding hydrogens is 573 g/mol. The summed E-state index contributed by atoms with van der Waals surface area (Å²) in [5.41, 5.74) is 3.39. The van der Waals surface area contributed by atoms with Crippen LogP contribution in [0.3, 0.4) is 0 Å². The van der Waals surface area contributed by atoms with E-state index in [0.29, 0.717) is 17.9 Å². The number of carbonyl (C=O) groups excluding carboxylic acids is 2. The van der Waals surface area contributed by atoms with Crippen LogP contribution in [0.25, 0.3) is 11.1 Å². The fourth-order valence-corrected chi connectivity index (χ4v) is 6.18. The van der Waals surface area contributed by atoms with Crippen molar-refractivity contribution >= 4 is 21.7 Å². The van der Waals surface area contributed by atoms with Crippen molar-refractivity contribution in [2.75, 3.05) is 58.8 Å². The number of hydrogen-bond acceptors (Lipinski definition) is 7. The summed E-state index contributed by atoms with van der Waals surface area (Å²) in [5.74, 6) is -0.734. The number of nitrogens with one attached hydrogen (secondary N) is 1. The minimum atomic E-state index is -3.77. The highest BCUT2D eigenvalue weighted by atomic mass is 32.2. The van der Waals surface area contributed by atoms with Crippen LogP contribution in [0.2, 0.25) is 0 Å². The average Bonchev–Trinajstić information content (AvgIpc) is 3.22. The maximum absolute atomic E-state index is 15.1. The molecule has 228 valence electrons. The molecule has 0 radical (unpaired) electrons. The van der Waals surface area contributed by atoms with Crippen molar-refractivity contribution in [1.29, 1.82) is 0 Å². The molecule has 2 heterocycles. The summed E-state index contributed by atoms with van der Waals surface area (Å²) >= 11 is 0. The molecule has 0 saturated carbocycles. The summed E-state index contributed by atoms with van der Waals surface area (Å²) in [5, 5.41) is 2.98. The standard InChI is InChI=1S/C32H36FN3O6S/c1-3-26-27(9-11-29(30(26)33)43(2,39)40)32(38)36-16-19-42-28-10-8-24(20-25(28)21-36)22-4-6-23(7-5-22)31(37)34-12-13-35-14-17-41-18-15-35/h4-11,20H,3,12-19,21H2,1-2H3,(H,34,37). The molecule has 0 atom stereocenters. The van der Waals surface area contributed by atoms with Crippen molar-refractivity contribution < 1.29 is 31.9 Å². The predicted octanol–water partition coefficient (Wildman–Crippen LogP) is 3.56. The lowest BCUT2D eigenvalue weighted by Crippen LogP contribution is -2.41. The Morgan fingerprint density at radius 3 is 2.37 bits per heavy atom. The molecule has 0 aromatic heterocycles. The van der Waals surface area contributed by atoms with Gasteiger partial charge in [-0.1, -0.05) is 25.1 Å². The molecule has 2 amide bonds. The molecule has 5 rings (SSSR count). The molecule has 0 aliphatic carbocycles. The van der Waals surface area contributed by atoms with Crippen molar-refractivity contribution in [2.45, 2.75) is 24.8 Å². The first-order chi connectivity index (χ1) is 20.7. The van der Waals surface area contributed by atoms with Crippen molar-refractivity contribution in [3.63, 3.8) is 0 Å². The Balaban J connectivity index is 1.29. The fraction of sp³-hybridized carbons (Fsp3) is 0.375. The van der Waals surface area contributed by atoms with E-state index in [4.69, 9.17) is 9.47 Å². The highest BCUT2D eigenvalue weighted by Gasteiger charge is 2.27. The summed E-state index contributed by atoms with van der Waals surface area (Å²) < 4.78 is 50.4. The second-order valence-corrected chi connectivity index (χ2v) is 12.7. The Morgan fingerprint density at radius 1 is 0.953 bits per heavy atom. The number of nitrogens with zero attached hydrogens (tertiary/aromatic N) is 2. The van der Waals surface area contributed by atoms with Crippen molar-refractivity contribution in [1.82, 2.24) is 15.1 Å². The minimum Gasteiger partial charge on any atom is -0.491 e. The second kappa shape index (κ2) is 13.2. The SMILES string of the molecule is CCc1c(C(=O)N2CCOc3ccc(-c4ccc(C(=O)NCCN5CCOCC5)cc4)cc3C2)ccc(S(C)(=O)=O)c1F. The number of sulfone groups is 1. The summed E-state index contributed by atoms with van der Waals surface area (Å²) in [7, 11) is -3.77. The molecule has 3 aromatic carbocycles. The van der Waals surface area contributed by atoms with E-state index < -0.39 is 20.5 Å². The monoisotopic (exact) mass is 609 g/mol. The van der Waals surface area contributed by atoms with Gasteiger partial charge in [-0.2, -0.15) is 0 Å². The van der Waals surface area contributed by atoms with E-state index in [9.17, 15) is 18.0 Å². The number of benzene rings is 3. The lowest BCUT2D eigenvalue weighted by atomic mass is 10.00. The number of fused-ring (bicyclic) bond motifs is 1. The zero-order valence-electron chi connectivity index (χ0n) is 24.4. The van der Waals surface area contributed by atoms with E-state index in [0.717, 1.165) is 61.9 Å². The molecule has 0 unspecified atom stereocenters. The number of ether oxygens (including phenoxy) is 2. The van der Waals surface area contributed by atoms with Crippen LogP contribution in [0.5, 0.6) is 5.75 Å². The van der Waals surface area contributed by atoms with Gasteiger partial charge in [0.2, 0.25) is 0 Å². The Morgan fingerprint density at radius 2 is 1.67 bits per heavy atom. The van der Waals surface area contributed by atoms with Gasteiger partial charge in [-0.3, -0.25) is 14.5 Å². The molecule has 3 aromatic rings. The molecule has 1 saturated heterocycles. The molecule has 2 aliphatic rings. The summed E-state index contributed by atoms with van der Waals surface area (Å²) in [6.45, 7) is 7.02. The quantitative estimate of drug-likeness (QED) is 0.417. The van der Waals surface area contributed by atoms with Gasteiger partial charge in [-0.05, 0) is 53.9 Å². The Bertz CT molecular complexity index is 1600. The van der Waals surface area contributed by atoms with E-state index in [1.54, 1.807) is 24.0 Å². The number of halogens is 1. The van der Waals surface area contributed by atoms with E-state index in [-0.39, 0.29) is 49.1 Å². The van der Waals surface area contributed by atoms with Gasteiger partial charge in [-0.15, -0.1) is 0 Å². The largest absolute Gasteiger partial charge is 0.491 e.